The molecule has 1 saturated heterocycles. The highest BCUT2D eigenvalue weighted by Crippen LogP contribution is 2.39. The zero-order valence-corrected chi connectivity index (χ0v) is 10.4. The molecule has 1 saturated carbocycles. The van der Waals surface area contributed by atoms with Crippen LogP contribution < -0.4 is 0 Å². The number of hydrogen-bond acceptors (Lipinski definition) is 3. The third-order valence-electron chi connectivity index (χ3n) is 3.95. The highest BCUT2D eigenvalue weighted by molar-refractivity contribution is 5.71. The Bertz CT molecular complexity index is 260. The van der Waals surface area contributed by atoms with E-state index in [0.29, 0.717) is 25.6 Å². The van der Waals surface area contributed by atoms with Crippen molar-refractivity contribution in [2.24, 2.45) is 11.8 Å². The standard InChI is InChI=1S/C13H22O4/c1-2-16-8-10-7-11(13(14)15)12(17-10)9-5-3-4-6-9/h9-12H,2-8H2,1H3,(H,14,15). The summed E-state index contributed by atoms with van der Waals surface area (Å²) in [6.07, 6.45) is 5.17. The molecule has 17 heavy (non-hydrogen) atoms. The Morgan fingerprint density at radius 1 is 1.41 bits per heavy atom. The fourth-order valence-electron chi connectivity index (χ4n) is 3.11. The second-order valence-corrected chi connectivity index (χ2v) is 5.11. The molecule has 0 aromatic carbocycles. The van der Waals surface area contributed by atoms with Gasteiger partial charge >= 0.3 is 5.97 Å². The van der Waals surface area contributed by atoms with Crippen LogP contribution in [-0.4, -0.2) is 36.5 Å². The molecule has 3 unspecified atom stereocenters. The van der Waals surface area contributed by atoms with E-state index in [2.05, 4.69) is 0 Å². The van der Waals surface area contributed by atoms with Gasteiger partial charge in [0, 0.05) is 6.61 Å². The molecule has 0 spiro atoms. The molecular formula is C13H22O4. The Labute approximate surface area is 102 Å². The van der Waals surface area contributed by atoms with Crippen molar-refractivity contribution >= 4 is 5.97 Å². The van der Waals surface area contributed by atoms with E-state index in [1.165, 1.54) is 12.8 Å². The molecule has 98 valence electrons. The normalized spacial score (nSPS) is 34.3. The molecule has 1 N–H and O–H groups in total. The lowest BCUT2D eigenvalue weighted by Crippen LogP contribution is -2.30. The van der Waals surface area contributed by atoms with Gasteiger partial charge in [0.15, 0.2) is 0 Å². The summed E-state index contributed by atoms with van der Waals surface area (Å²) in [5, 5.41) is 9.27. The van der Waals surface area contributed by atoms with Gasteiger partial charge in [0.25, 0.3) is 0 Å². The number of carboxylic acids is 1. The van der Waals surface area contributed by atoms with Crippen LogP contribution in [0.2, 0.25) is 0 Å². The summed E-state index contributed by atoms with van der Waals surface area (Å²) in [7, 11) is 0. The maximum atomic E-state index is 11.3. The van der Waals surface area contributed by atoms with Crippen molar-refractivity contribution in [2.45, 2.75) is 51.2 Å². The third-order valence-corrected chi connectivity index (χ3v) is 3.95. The molecule has 0 aromatic heterocycles. The Kier molecular flexibility index (Phi) is 4.40. The first kappa shape index (κ1) is 12.8. The average molecular weight is 242 g/mol. The lowest BCUT2D eigenvalue weighted by Gasteiger charge is -2.22. The van der Waals surface area contributed by atoms with E-state index >= 15 is 0 Å². The molecule has 1 aliphatic heterocycles. The second-order valence-electron chi connectivity index (χ2n) is 5.11. The molecule has 2 aliphatic rings. The Morgan fingerprint density at radius 2 is 2.12 bits per heavy atom. The van der Waals surface area contributed by atoms with Crippen LogP contribution in [0, 0.1) is 11.8 Å². The van der Waals surface area contributed by atoms with Crippen LogP contribution in [0.1, 0.15) is 39.0 Å². The van der Waals surface area contributed by atoms with Crippen LogP contribution in [-0.2, 0) is 14.3 Å². The number of ether oxygens (including phenoxy) is 2. The molecule has 0 radical (unpaired) electrons. The number of hydrogen-bond donors (Lipinski definition) is 1. The summed E-state index contributed by atoms with van der Waals surface area (Å²) in [4.78, 5) is 11.3. The second kappa shape index (κ2) is 5.83. The summed E-state index contributed by atoms with van der Waals surface area (Å²) in [6.45, 7) is 3.13. The first-order chi connectivity index (χ1) is 8.22. The molecule has 2 fully saturated rings. The first-order valence-corrected chi connectivity index (χ1v) is 6.68. The van der Waals surface area contributed by atoms with Gasteiger partial charge in [0.05, 0.1) is 24.7 Å². The minimum Gasteiger partial charge on any atom is -0.481 e. The predicted molar refractivity (Wildman–Crippen MR) is 62.9 cm³/mol. The van der Waals surface area contributed by atoms with Gasteiger partial charge in [0.2, 0.25) is 0 Å². The van der Waals surface area contributed by atoms with Crippen LogP contribution in [0.25, 0.3) is 0 Å². The topological polar surface area (TPSA) is 55.8 Å². The van der Waals surface area contributed by atoms with Gasteiger partial charge in [-0.05, 0) is 32.1 Å². The Balaban J connectivity index is 1.94. The lowest BCUT2D eigenvalue weighted by atomic mass is 9.89. The third kappa shape index (κ3) is 2.99. The highest BCUT2D eigenvalue weighted by atomic mass is 16.5. The van der Waals surface area contributed by atoms with Crippen molar-refractivity contribution in [2.75, 3.05) is 13.2 Å². The molecule has 2 rings (SSSR count). The van der Waals surface area contributed by atoms with Crippen LogP contribution >= 0.6 is 0 Å². The average Bonchev–Trinajstić information content (AvgIpc) is 2.94. The van der Waals surface area contributed by atoms with E-state index in [0.717, 1.165) is 12.8 Å². The van der Waals surface area contributed by atoms with Crippen LogP contribution in [0.5, 0.6) is 0 Å². The van der Waals surface area contributed by atoms with E-state index in [4.69, 9.17) is 9.47 Å². The van der Waals surface area contributed by atoms with Gasteiger partial charge in [-0.25, -0.2) is 0 Å². The van der Waals surface area contributed by atoms with Gasteiger partial charge < -0.3 is 14.6 Å². The number of aliphatic carboxylic acids is 1. The minimum atomic E-state index is -0.708. The van der Waals surface area contributed by atoms with E-state index in [9.17, 15) is 9.90 Å². The maximum absolute atomic E-state index is 11.3. The van der Waals surface area contributed by atoms with Crippen molar-refractivity contribution in [3.05, 3.63) is 0 Å². The van der Waals surface area contributed by atoms with Crippen molar-refractivity contribution in [3.63, 3.8) is 0 Å². The highest BCUT2D eigenvalue weighted by Gasteiger charge is 2.44. The molecule has 1 heterocycles. The molecule has 1 aliphatic carbocycles. The molecule has 0 bridgehead atoms. The first-order valence-electron chi connectivity index (χ1n) is 6.68. The minimum absolute atomic E-state index is 0.0263. The molecule has 3 atom stereocenters. The molecule has 0 amide bonds. The quantitative estimate of drug-likeness (QED) is 0.802. The van der Waals surface area contributed by atoms with Gasteiger partial charge in [-0.1, -0.05) is 12.8 Å². The van der Waals surface area contributed by atoms with E-state index < -0.39 is 5.97 Å². The summed E-state index contributed by atoms with van der Waals surface area (Å²) in [5.41, 5.74) is 0. The summed E-state index contributed by atoms with van der Waals surface area (Å²) < 4.78 is 11.3. The predicted octanol–water partition coefficient (Wildman–Crippen LogP) is 2.07. The number of carbonyl (C=O) groups is 1. The van der Waals surface area contributed by atoms with Crippen LogP contribution in [0.15, 0.2) is 0 Å². The molecule has 4 nitrogen and oxygen atoms in total. The SMILES string of the molecule is CCOCC1CC(C(=O)O)C(C2CCCC2)O1. The Morgan fingerprint density at radius 3 is 2.71 bits per heavy atom. The zero-order chi connectivity index (χ0) is 12.3. The fourth-order valence-corrected chi connectivity index (χ4v) is 3.11. The van der Waals surface area contributed by atoms with Crippen molar-refractivity contribution in [1.29, 1.82) is 0 Å². The zero-order valence-electron chi connectivity index (χ0n) is 10.4. The molecule has 4 heteroatoms. The van der Waals surface area contributed by atoms with E-state index in [-0.39, 0.29) is 18.1 Å². The van der Waals surface area contributed by atoms with Gasteiger partial charge in [-0.2, -0.15) is 0 Å². The van der Waals surface area contributed by atoms with Crippen LogP contribution in [0.4, 0.5) is 0 Å². The van der Waals surface area contributed by atoms with Gasteiger partial charge in [-0.15, -0.1) is 0 Å². The largest absolute Gasteiger partial charge is 0.481 e. The number of carboxylic acid groups (broad SMARTS) is 1. The van der Waals surface area contributed by atoms with E-state index in [1.54, 1.807) is 0 Å². The fraction of sp³-hybridized carbons (Fsp3) is 0.923. The lowest BCUT2D eigenvalue weighted by molar-refractivity contribution is -0.144. The van der Waals surface area contributed by atoms with Crippen molar-refractivity contribution in [1.82, 2.24) is 0 Å². The summed E-state index contributed by atoms with van der Waals surface area (Å²) in [5.74, 6) is -0.591. The summed E-state index contributed by atoms with van der Waals surface area (Å²) >= 11 is 0. The molecular weight excluding hydrogens is 220 g/mol. The Hall–Kier alpha value is -0.610. The van der Waals surface area contributed by atoms with Crippen LogP contribution in [0.3, 0.4) is 0 Å². The monoisotopic (exact) mass is 242 g/mol. The van der Waals surface area contributed by atoms with Crippen molar-refractivity contribution in [3.8, 4) is 0 Å². The van der Waals surface area contributed by atoms with Crippen molar-refractivity contribution < 1.29 is 19.4 Å². The van der Waals surface area contributed by atoms with Gasteiger partial charge in [-0.3, -0.25) is 4.79 Å². The number of rotatable bonds is 5. The maximum Gasteiger partial charge on any atom is 0.309 e. The van der Waals surface area contributed by atoms with Gasteiger partial charge in [0.1, 0.15) is 0 Å². The van der Waals surface area contributed by atoms with E-state index in [1.807, 2.05) is 6.92 Å². The molecule has 0 aromatic rings. The smallest absolute Gasteiger partial charge is 0.309 e. The summed E-state index contributed by atoms with van der Waals surface area (Å²) in [6, 6.07) is 0.